The minimum absolute atomic E-state index is 0.701. The lowest BCUT2D eigenvalue weighted by Gasteiger charge is -2.14. The number of fused-ring (bicyclic) bond motifs is 1. The molecule has 0 atom stereocenters. The number of rotatable bonds is 5. The lowest BCUT2D eigenvalue weighted by molar-refractivity contribution is -0.359. The van der Waals surface area contributed by atoms with Crippen LogP contribution in [0.4, 0.5) is 5.69 Å². The number of nitrogens with zero attached hydrogens (tertiary/aromatic N) is 1. The highest BCUT2D eigenvalue weighted by Gasteiger charge is 2.15. The largest absolute Gasteiger partial charge is 0.619 e. The van der Waals surface area contributed by atoms with Gasteiger partial charge in [-0.2, -0.15) is 4.74 Å². The molecule has 0 N–H and O–H groups in total. The van der Waals surface area contributed by atoms with Crippen LogP contribution in [0, 0.1) is 5.21 Å². The monoisotopic (exact) mass is 297 g/mol. The Morgan fingerprint density at radius 1 is 1.35 bits per heavy atom. The Morgan fingerprint density at radius 2 is 2.24 bits per heavy atom. The van der Waals surface area contributed by atoms with Crippen molar-refractivity contribution in [2.45, 2.75) is 25.7 Å². The normalized spacial score (nSPS) is 14.1. The SMILES string of the molecule is [O-][N+]1=CCCc2ccc(OCCCCBr)cc21. The van der Waals surface area contributed by atoms with Gasteiger partial charge in [0, 0.05) is 17.3 Å². The minimum atomic E-state index is 0.701. The van der Waals surface area contributed by atoms with Gasteiger partial charge in [-0.3, -0.25) is 0 Å². The highest BCUT2D eigenvalue weighted by molar-refractivity contribution is 9.09. The molecule has 0 fully saturated rings. The van der Waals surface area contributed by atoms with Crippen molar-refractivity contribution >= 4 is 27.8 Å². The van der Waals surface area contributed by atoms with E-state index in [2.05, 4.69) is 15.9 Å². The van der Waals surface area contributed by atoms with Gasteiger partial charge in [-0.1, -0.05) is 15.9 Å². The van der Waals surface area contributed by atoms with Gasteiger partial charge in [-0.25, -0.2) is 0 Å². The van der Waals surface area contributed by atoms with Crippen LogP contribution in [0.3, 0.4) is 0 Å². The van der Waals surface area contributed by atoms with E-state index in [0.717, 1.165) is 52.8 Å². The van der Waals surface area contributed by atoms with Crippen LogP contribution < -0.4 is 4.74 Å². The zero-order valence-corrected chi connectivity index (χ0v) is 11.3. The van der Waals surface area contributed by atoms with Gasteiger partial charge in [0.15, 0.2) is 6.21 Å². The van der Waals surface area contributed by atoms with Crippen molar-refractivity contribution in [2.24, 2.45) is 0 Å². The summed E-state index contributed by atoms with van der Waals surface area (Å²) < 4.78 is 6.57. The fourth-order valence-electron chi connectivity index (χ4n) is 1.87. The molecule has 17 heavy (non-hydrogen) atoms. The number of halogens is 1. The molecule has 1 heterocycles. The predicted octanol–water partition coefficient (Wildman–Crippen LogP) is 3.40. The van der Waals surface area contributed by atoms with Gasteiger partial charge in [-0.05, 0) is 31.4 Å². The Labute approximate surface area is 110 Å². The van der Waals surface area contributed by atoms with Gasteiger partial charge < -0.3 is 9.94 Å². The molecule has 0 aliphatic carbocycles. The summed E-state index contributed by atoms with van der Waals surface area (Å²) in [5, 5.41) is 12.6. The highest BCUT2D eigenvalue weighted by Crippen LogP contribution is 2.27. The zero-order valence-electron chi connectivity index (χ0n) is 9.69. The van der Waals surface area contributed by atoms with E-state index in [1.165, 1.54) is 0 Å². The molecule has 0 aromatic heterocycles. The number of benzene rings is 1. The summed E-state index contributed by atoms with van der Waals surface area (Å²) in [7, 11) is 0. The van der Waals surface area contributed by atoms with Crippen LogP contribution in [0.5, 0.6) is 5.75 Å². The van der Waals surface area contributed by atoms with Crippen LogP contribution in [-0.2, 0) is 6.42 Å². The highest BCUT2D eigenvalue weighted by atomic mass is 79.9. The lowest BCUT2D eigenvalue weighted by atomic mass is 10.1. The Hall–Kier alpha value is -1.03. The van der Waals surface area contributed by atoms with Crippen molar-refractivity contribution in [1.82, 2.24) is 0 Å². The van der Waals surface area contributed by atoms with Crippen molar-refractivity contribution in [3.8, 4) is 5.75 Å². The maximum atomic E-state index is 11.6. The molecule has 4 heteroatoms. The molecule has 0 saturated heterocycles. The molecule has 1 aliphatic heterocycles. The van der Waals surface area contributed by atoms with Crippen LogP contribution in [0.2, 0.25) is 0 Å². The Morgan fingerprint density at radius 3 is 3.06 bits per heavy atom. The fourth-order valence-corrected chi connectivity index (χ4v) is 2.27. The van der Waals surface area contributed by atoms with E-state index in [1.807, 2.05) is 18.2 Å². The molecule has 2 rings (SSSR count). The number of hydrogen-bond acceptors (Lipinski definition) is 2. The number of alkyl halides is 1. The van der Waals surface area contributed by atoms with Crippen LogP contribution in [0.25, 0.3) is 0 Å². The summed E-state index contributed by atoms with van der Waals surface area (Å²) in [5.41, 5.74) is 1.84. The maximum Gasteiger partial charge on any atom is 0.223 e. The molecular formula is C13H16BrNO2. The minimum Gasteiger partial charge on any atom is -0.619 e. The third kappa shape index (κ3) is 3.22. The van der Waals surface area contributed by atoms with Crippen molar-refractivity contribution in [3.63, 3.8) is 0 Å². The van der Waals surface area contributed by atoms with E-state index in [1.54, 1.807) is 6.21 Å². The predicted molar refractivity (Wildman–Crippen MR) is 72.6 cm³/mol. The number of aryl methyl sites for hydroxylation is 1. The zero-order chi connectivity index (χ0) is 12.1. The topological polar surface area (TPSA) is 35.3 Å². The number of unbranched alkanes of at least 4 members (excludes halogenated alkanes) is 1. The third-order valence-corrected chi connectivity index (χ3v) is 3.36. The maximum absolute atomic E-state index is 11.6. The summed E-state index contributed by atoms with van der Waals surface area (Å²) in [6.45, 7) is 0.701. The second-order valence-electron chi connectivity index (χ2n) is 4.08. The molecule has 0 saturated carbocycles. The Kier molecular flexibility index (Phi) is 4.42. The number of hydrogen-bond donors (Lipinski definition) is 0. The summed E-state index contributed by atoms with van der Waals surface area (Å²) in [6.07, 6.45) is 5.57. The van der Waals surface area contributed by atoms with Crippen molar-refractivity contribution in [3.05, 3.63) is 29.0 Å². The molecule has 1 aromatic carbocycles. The van der Waals surface area contributed by atoms with E-state index in [0.29, 0.717) is 6.61 Å². The van der Waals surface area contributed by atoms with Crippen LogP contribution >= 0.6 is 15.9 Å². The summed E-state index contributed by atoms with van der Waals surface area (Å²) in [6, 6.07) is 5.78. The average Bonchev–Trinajstić information content (AvgIpc) is 2.36. The van der Waals surface area contributed by atoms with E-state index >= 15 is 0 Å². The van der Waals surface area contributed by atoms with E-state index in [-0.39, 0.29) is 0 Å². The first-order chi connectivity index (χ1) is 8.31. The van der Waals surface area contributed by atoms with Gasteiger partial charge in [0.2, 0.25) is 5.69 Å². The Balaban J connectivity index is 2.01. The fraction of sp³-hybridized carbons (Fsp3) is 0.462. The molecule has 1 aliphatic rings. The summed E-state index contributed by atoms with van der Waals surface area (Å²) in [5.74, 6) is 0.787. The van der Waals surface area contributed by atoms with Crippen LogP contribution in [0.15, 0.2) is 18.2 Å². The second-order valence-corrected chi connectivity index (χ2v) is 4.88. The molecular weight excluding hydrogens is 282 g/mol. The van der Waals surface area contributed by atoms with E-state index < -0.39 is 0 Å². The van der Waals surface area contributed by atoms with Crippen molar-refractivity contribution in [1.29, 1.82) is 0 Å². The van der Waals surface area contributed by atoms with Gasteiger partial charge >= 0.3 is 0 Å². The second kappa shape index (κ2) is 6.05. The third-order valence-electron chi connectivity index (χ3n) is 2.80. The van der Waals surface area contributed by atoms with Gasteiger partial charge in [0.05, 0.1) is 12.7 Å². The number of ether oxygens (including phenoxy) is 1. The first kappa shape index (κ1) is 12.4. The molecule has 0 spiro atoms. The Bertz CT molecular complexity index is 418. The standard InChI is InChI=1S/C13H16BrNO2/c14-7-1-2-9-17-12-6-5-11-4-3-8-15(16)13(11)10-12/h5-6,8,10H,1-4,7,9H2. The van der Waals surface area contributed by atoms with Crippen LogP contribution in [0.1, 0.15) is 24.8 Å². The first-order valence-electron chi connectivity index (χ1n) is 5.92. The van der Waals surface area contributed by atoms with Gasteiger partial charge in [0.25, 0.3) is 0 Å². The smallest absolute Gasteiger partial charge is 0.223 e. The molecule has 1 aromatic rings. The first-order valence-corrected chi connectivity index (χ1v) is 7.05. The van der Waals surface area contributed by atoms with Gasteiger partial charge in [-0.15, -0.1) is 0 Å². The van der Waals surface area contributed by atoms with Crippen molar-refractivity contribution in [2.75, 3.05) is 11.9 Å². The quantitative estimate of drug-likeness (QED) is 0.361. The average molecular weight is 298 g/mol. The molecule has 3 nitrogen and oxygen atoms in total. The summed E-state index contributed by atoms with van der Waals surface area (Å²) in [4.78, 5) is 0. The molecule has 0 unspecified atom stereocenters. The van der Waals surface area contributed by atoms with E-state index in [4.69, 9.17) is 4.74 Å². The van der Waals surface area contributed by atoms with Gasteiger partial charge in [0.1, 0.15) is 5.75 Å². The lowest BCUT2D eigenvalue weighted by Crippen LogP contribution is -2.08. The summed E-state index contributed by atoms with van der Waals surface area (Å²) >= 11 is 3.39. The molecule has 0 radical (unpaired) electrons. The van der Waals surface area contributed by atoms with Crippen molar-refractivity contribution < 1.29 is 9.48 Å². The molecule has 0 amide bonds. The van der Waals surface area contributed by atoms with E-state index in [9.17, 15) is 5.21 Å². The molecule has 92 valence electrons. The molecule has 0 bridgehead atoms. The van der Waals surface area contributed by atoms with Crippen LogP contribution in [-0.4, -0.2) is 22.9 Å².